The Bertz CT molecular complexity index is 1100. The number of hydrogen-bond acceptors (Lipinski definition) is 7. The zero-order valence-electron chi connectivity index (χ0n) is 13.7. The smallest absolute Gasteiger partial charge is 0.348 e. The van der Waals surface area contributed by atoms with Crippen LogP contribution in [0, 0.1) is 15.9 Å². The van der Waals surface area contributed by atoms with Gasteiger partial charge in [0.2, 0.25) is 0 Å². The number of H-pyrrole nitrogens is 1. The Labute approximate surface area is 160 Å². The van der Waals surface area contributed by atoms with Crippen molar-refractivity contribution in [3.63, 3.8) is 0 Å². The fraction of sp³-hybridized carbons (Fsp3) is 0. The van der Waals surface area contributed by atoms with Gasteiger partial charge in [-0.15, -0.1) is 0 Å². The molecule has 1 heterocycles. The Morgan fingerprint density at radius 3 is 2.64 bits per heavy atom. The van der Waals surface area contributed by atoms with E-state index in [9.17, 15) is 24.1 Å². The number of esters is 1. The second-order valence-corrected chi connectivity index (χ2v) is 5.72. The number of nitro groups is 1. The van der Waals surface area contributed by atoms with Crippen LogP contribution in [0.4, 0.5) is 10.1 Å². The maximum atomic E-state index is 14.0. The number of nitrogens with zero attached hydrogens (tertiary/aromatic N) is 3. The molecule has 2 aromatic carbocycles. The fourth-order valence-electron chi connectivity index (χ4n) is 2.34. The van der Waals surface area contributed by atoms with Crippen LogP contribution < -0.4 is 10.5 Å². The number of ether oxygens (including phenoxy) is 1. The summed E-state index contributed by atoms with van der Waals surface area (Å²) in [5, 5.41) is 20.4. The lowest BCUT2D eigenvalue weighted by atomic mass is 10.1. The van der Waals surface area contributed by atoms with Crippen LogP contribution in [0.5, 0.6) is 5.75 Å². The van der Waals surface area contributed by atoms with Crippen LogP contribution in [0.3, 0.4) is 0 Å². The number of nitro benzene ring substituents is 1. The molecule has 0 aliphatic carbocycles. The van der Waals surface area contributed by atoms with Gasteiger partial charge in [0.05, 0.1) is 15.5 Å². The molecule has 28 heavy (non-hydrogen) atoms. The number of nitrogens with two attached hydrogens (primary N) is 1. The van der Waals surface area contributed by atoms with Gasteiger partial charge in [0.1, 0.15) is 22.8 Å². The number of amides is 1. The molecule has 12 heteroatoms. The molecule has 0 saturated heterocycles. The minimum Gasteiger partial charge on any atom is -0.422 e. The van der Waals surface area contributed by atoms with Crippen molar-refractivity contribution in [1.29, 1.82) is 0 Å². The summed E-state index contributed by atoms with van der Waals surface area (Å²) in [4.78, 5) is 34.3. The molecule has 0 spiro atoms. The predicted octanol–water partition coefficient (Wildman–Crippen LogP) is 2.49. The molecule has 0 radical (unpaired) electrons. The molecule has 0 aliphatic heterocycles. The van der Waals surface area contributed by atoms with Gasteiger partial charge in [-0.3, -0.25) is 14.9 Å². The molecule has 1 aromatic heterocycles. The molecule has 3 aromatic rings. The van der Waals surface area contributed by atoms with Crippen molar-refractivity contribution in [1.82, 2.24) is 15.4 Å². The number of carbonyl (C=O) groups excluding carboxylic acids is 2. The summed E-state index contributed by atoms with van der Waals surface area (Å²) in [5.74, 6) is -3.28. The first-order valence-corrected chi connectivity index (χ1v) is 7.83. The predicted molar refractivity (Wildman–Crippen MR) is 93.4 cm³/mol. The first-order valence-electron chi connectivity index (χ1n) is 7.45. The molecule has 0 fully saturated rings. The molecule has 0 unspecified atom stereocenters. The second-order valence-electron chi connectivity index (χ2n) is 5.31. The van der Waals surface area contributed by atoms with E-state index in [1.54, 1.807) is 0 Å². The van der Waals surface area contributed by atoms with E-state index in [1.165, 1.54) is 12.1 Å². The van der Waals surface area contributed by atoms with Crippen LogP contribution >= 0.6 is 11.6 Å². The van der Waals surface area contributed by atoms with Gasteiger partial charge < -0.3 is 10.5 Å². The van der Waals surface area contributed by atoms with Gasteiger partial charge in [-0.05, 0) is 18.2 Å². The summed E-state index contributed by atoms with van der Waals surface area (Å²) in [7, 11) is 0. The van der Waals surface area contributed by atoms with E-state index in [0.717, 1.165) is 24.3 Å². The molecule has 142 valence electrons. The van der Waals surface area contributed by atoms with Gasteiger partial charge >= 0.3 is 5.97 Å². The summed E-state index contributed by atoms with van der Waals surface area (Å²) in [6.45, 7) is 0. The summed E-state index contributed by atoms with van der Waals surface area (Å²) in [6.07, 6.45) is 0. The molecule has 3 N–H and O–H groups in total. The minimum atomic E-state index is -1.15. The first kappa shape index (κ1) is 18.9. The van der Waals surface area contributed by atoms with Crippen molar-refractivity contribution in [2.75, 3.05) is 0 Å². The van der Waals surface area contributed by atoms with Gasteiger partial charge in [0.25, 0.3) is 11.6 Å². The highest BCUT2D eigenvalue weighted by Gasteiger charge is 2.25. The van der Waals surface area contributed by atoms with E-state index >= 15 is 0 Å². The number of nitrogens with one attached hydrogen (secondary N) is 1. The van der Waals surface area contributed by atoms with Gasteiger partial charge in [-0.2, -0.15) is 15.4 Å². The number of halogens is 2. The van der Waals surface area contributed by atoms with Crippen LogP contribution in [-0.2, 0) is 0 Å². The van der Waals surface area contributed by atoms with Crippen LogP contribution in [-0.4, -0.2) is 32.2 Å². The number of aromatic amines is 1. The van der Waals surface area contributed by atoms with Gasteiger partial charge in [0, 0.05) is 12.1 Å². The van der Waals surface area contributed by atoms with E-state index in [4.69, 9.17) is 22.1 Å². The number of hydrogen-bond donors (Lipinski definition) is 2. The molecule has 0 saturated carbocycles. The monoisotopic (exact) mass is 405 g/mol. The largest absolute Gasteiger partial charge is 0.422 e. The Balaban J connectivity index is 2.11. The topological polar surface area (TPSA) is 154 Å². The highest BCUT2D eigenvalue weighted by molar-refractivity contribution is 6.33. The quantitative estimate of drug-likeness (QED) is 0.286. The molecule has 10 nitrogen and oxygen atoms in total. The number of rotatable bonds is 5. The molecular weight excluding hydrogens is 397 g/mol. The lowest BCUT2D eigenvalue weighted by Crippen LogP contribution is -2.14. The van der Waals surface area contributed by atoms with Crippen LogP contribution in [0.1, 0.15) is 20.8 Å². The minimum absolute atomic E-state index is 0.127. The summed E-state index contributed by atoms with van der Waals surface area (Å²) in [6, 6.07) is 6.78. The Morgan fingerprint density at radius 2 is 2.00 bits per heavy atom. The molecular formula is C16H9ClFN5O5. The lowest BCUT2D eigenvalue weighted by molar-refractivity contribution is -0.384. The summed E-state index contributed by atoms with van der Waals surface area (Å²) < 4.78 is 19.1. The van der Waals surface area contributed by atoms with Gasteiger partial charge in [0.15, 0.2) is 5.69 Å². The van der Waals surface area contributed by atoms with E-state index in [-0.39, 0.29) is 33.4 Å². The zero-order valence-corrected chi connectivity index (χ0v) is 14.4. The maximum Gasteiger partial charge on any atom is 0.348 e. The molecule has 0 aliphatic rings. The van der Waals surface area contributed by atoms with Crippen molar-refractivity contribution >= 4 is 29.2 Å². The maximum absolute atomic E-state index is 14.0. The second kappa shape index (κ2) is 7.40. The van der Waals surface area contributed by atoms with Crippen molar-refractivity contribution in [2.24, 2.45) is 5.73 Å². The van der Waals surface area contributed by atoms with E-state index in [0.29, 0.717) is 0 Å². The molecule has 0 bridgehead atoms. The van der Waals surface area contributed by atoms with Crippen molar-refractivity contribution < 1.29 is 23.6 Å². The van der Waals surface area contributed by atoms with Crippen molar-refractivity contribution in [3.05, 3.63) is 68.6 Å². The Kier molecular flexibility index (Phi) is 5.00. The molecule has 1 amide bonds. The Morgan fingerprint density at radius 1 is 1.25 bits per heavy atom. The number of aromatic nitrogens is 3. The van der Waals surface area contributed by atoms with Crippen molar-refractivity contribution in [2.45, 2.75) is 0 Å². The third kappa shape index (κ3) is 3.50. The third-order valence-electron chi connectivity index (χ3n) is 3.58. The number of non-ortho nitro benzene ring substituents is 1. The van der Waals surface area contributed by atoms with E-state index in [2.05, 4.69) is 15.4 Å². The average molecular weight is 406 g/mol. The van der Waals surface area contributed by atoms with Crippen LogP contribution in [0.15, 0.2) is 36.4 Å². The fourth-order valence-corrected chi connectivity index (χ4v) is 2.58. The molecule has 3 rings (SSSR count). The Hall–Kier alpha value is -3.86. The molecule has 0 atom stereocenters. The van der Waals surface area contributed by atoms with Crippen LogP contribution in [0.2, 0.25) is 5.02 Å². The number of carbonyl (C=O) groups is 2. The number of primary amides is 1. The third-order valence-corrected chi connectivity index (χ3v) is 3.89. The normalized spacial score (nSPS) is 10.5. The summed E-state index contributed by atoms with van der Waals surface area (Å²) in [5.41, 5.74) is 3.66. The highest BCUT2D eigenvalue weighted by Crippen LogP contribution is 2.34. The lowest BCUT2D eigenvalue weighted by Gasteiger charge is -2.10. The van der Waals surface area contributed by atoms with E-state index < -0.39 is 28.2 Å². The number of benzene rings is 2. The van der Waals surface area contributed by atoms with Crippen LogP contribution in [0.25, 0.3) is 11.3 Å². The summed E-state index contributed by atoms with van der Waals surface area (Å²) >= 11 is 5.84. The highest BCUT2D eigenvalue weighted by atomic mass is 35.5. The zero-order chi connectivity index (χ0) is 20.4. The van der Waals surface area contributed by atoms with Gasteiger partial charge in [-0.1, -0.05) is 17.7 Å². The van der Waals surface area contributed by atoms with Gasteiger partial charge in [-0.25, -0.2) is 9.18 Å². The SMILES string of the molecule is NC(=O)c1n[nH]nc1-c1cc([N+](=O)[O-])ccc1OC(=O)c1c(F)cccc1Cl. The van der Waals surface area contributed by atoms with E-state index in [1.807, 2.05) is 0 Å². The average Bonchev–Trinajstić information content (AvgIpc) is 3.11. The van der Waals surface area contributed by atoms with Crippen molar-refractivity contribution in [3.8, 4) is 17.0 Å². The standard InChI is InChI=1S/C16H9ClFN5O5/c17-9-2-1-3-10(18)12(9)16(25)28-11-5-4-7(23(26)27)6-8(11)13-14(15(19)24)21-22-20-13/h1-6H,(H2,19,24)(H,20,21,22). The first-order chi connectivity index (χ1) is 13.3.